The Balaban J connectivity index is 2.02. The van der Waals surface area contributed by atoms with Crippen molar-refractivity contribution in [2.24, 2.45) is 0 Å². The minimum atomic E-state index is -4.49. The molecule has 0 saturated heterocycles. The monoisotopic (exact) mass is 344 g/mol. The Kier molecular flexibility index (Phi) is 5.10. The van der Waals surface area contributed by atoms with Crippen molar-refractivity contribution in [2.45, 2.75) is 19.7 Å². The van der Waals surface area contributed by atoms with E-state index >= 15 is 0 Å². The van der Waals surface area contributed by atoms with Gasteiger partial charge in [-0.3, -0.25) is 9.78 Å². The third kappa shape index (κ3) is 4.85. The number of carbonyl (C=O) groups is 1. The molecule has 0 aliphatic carbocycles. The van der Waals surface area contributed by atoms with Gasteiger partial charge < -0.3 is 10.1 Å². The van der Waals surface area contributed by atoms with E-state index in [1.54, 1.807) is 24.3 Å². The Hall–Kier alpha value is -2.28. The summed E-state index contributed by atoms with van der Waals surface area (Å²) in [5.41, 5.74) is -0.105. The molecule has 1 heterocycles. The van der Waals surface area contributed by atoms with Crippen LogP contribution in [-0.4, -0.2) is 10.9 Å². The standard InChI is InChI=1S/C15H12ClF3N2O2/c1-9(22)21-11-2-4-12(5-3-11)23-8-14-13(16)6-10(7-20-14)15(17,18)19/h2-7H,8H2,1H3,(H,21,22). The molecule has 2 rings (SSSR count). The van der Waals surface area contributed by atoms with Crippen LogP contribution in [0, 0.1) is 0 Å². The summed E-state index contributed by atoms with van der Waals surface area (Å²) < 4.78 is 43.0. The molecular weight excluding hydrogens is 333 g/mol. The molecule has 122 valence electrons. The number of halogens is 4. The number of ether oxygens (including phenoxy) is 1. The zero-order valence-electron chi connectivity index (χ0n) is 11.9. The third-order valence-corrected chi connectivity index (χ3v) is 3.12. The molecule has 4 nitrogen and oxygen atoms in total. The van der Waals surface area contributed by atoms with Gasteiger partial charge in [0.25, 0.3) is 0 Å². The van der Waals surface area contributed by atoms with Crippen molar-refractivity contribution in [2.75, 3.05) is 5.32 Å². The summed E-state index contributed by atoms with van der Waals surface area (Å²) in [5, 5.41) is 2.48. The summed E-state index contributed by atoms with van der Waals surface area (Å²) in [6, 6.07) is 7.32. The molecule has 0 unspecified atom stereocenters. The lowest BCUT2D eigenvalue weighted by Crippen LogP contribution is -2.08. The van der Waals surface area contributed by atoms with E-state index in [0.717, 1.165) is 6.07 Å². The predicted molar refractivity (Wildman–Crippen MR) is 79.3 cm³/mol. The van der Waals surface area contributed by atoms with Crippen LogP contribution < -0.4 is 10.1 Å². The third-order valence-electron chi connectivity index (χ3n) is 2.79. The SMILES string of the molecule is CC(=O)Nc1ccc(OCc2ncc(C(F)(F)F)cc2Cl)cc1. The molecule has 1 aromatic carbocycles. The van der Waals surface area contributed by atoms with Gasteiger partial charge in [0.2, 0.25) is 5.91 Å². The minimum Gasteiger partial charge on any atom is -0.487 e. The van der Waals surface area contributed by atoms with Crippen LogP contribution in [0.15, 0.2) is 36.5 Å². The largest absolute Gasteiger partial charge is 0.487 e. The highest BCUT2D eigenvalue weighted by Gasteiger charge is 2.31. The van der Waals surface area contributed by atoms with Gasteiger partial charge in [0.1, 0.15) is 12.4 Å². The maximum absolute atomic E-state index is 12.5. The number of carbonyl (C=O) groups excluding carboxylic acids is 1. The Labute approximate surface area is 135 Å². The van der Waals surface area contributed by atoms with Crippen molar-refractivity contribution in [1.29, 1.82) is 0 Å². The molecule has 23 heavy (non-hydrogen) atoms. The van der Waals surface area contributed by atoms with Crippen molar-refractivity contribution >= 4 is 23.2 Å². The van der Waals surface area contributed by atoms with E-state index in [0.29, 0.717) is 17.6 Å². The van der Waals surface area contributed by atoms with E-state index in [-0.39, 0.29) is 23.2 Å². The maximum Gasteiger partial charge on any atom is 0.417 e. The van der Waals surface area contributed by atoms with Crippen LogP contribution in [0.5, 0.6) is 5.75 Å². The molecule has 2 aromatic rings. The molecule has 1 amide bonds. The first-order valence-corrected chi connectivity index (χ1v) is 6.85. The second-order valence-corrected chi connectivity index (χ2v) is 5.05. The normalized spacial score (nSPS) is 11.2. The molecule has 0 atom stereocenters. The second-order valence-electron chi connectivity index (χ2n) is 4.64. The number of hydrogen-bond acceptors (Lipinski definition) is 3. The Morgan fingerprint density at radius 2 is 1.96 bits per heavy atom. The molecule has 1 aromatic heterocycles. The van der Waals surface area contributed by atoms with Crippen LogP contribution >= 0.6 is 11.6 Å². The fraction of sp³-hybridized carbons (Fsp3) is 0.200. The number of anilines is 1. The fourth-order valence-electron chi connectivity index (χ4n) is 1.72. The lowest BCUT2D eigenvalue weighted by atomic mass is 10.2. The van der Waals surface area contributed by atoms with E-state index in [2.05, 4.69) is 10.3 Å². The van der Waals surface area contributed by atoms with Crippen molar-refractivity contribution in [1.82, 2.24) is 4.98 Å². The topological polar surface area (TPSA) is 51.2 Å². The minimum absolute atomic E-state index is 0.0730. The molecule has 0 fully saturated rings. The molecule has 0 aliphatic rings. The molecule has 0 aliphatic heterocycles. The number of pyridine rings is 1. The summed E-state index contributed by atoms with van der Waals surface area (Å²) in [7, 11) is 0. The quantitative estimate of drug-likeness (QED) is 0.900. The van der Waals surface area contributed by atoms with Crippen molar-refractivity contribution in [3.8, 4) is 5.75 Å². The lowest BCUT2D eigenvalue weighted by molar-refractivity contribution is -0.137. The predicted octanol–water partition coefficient (Wildman–Crippen LogP) is 4.29. The van der Waals surface area contributed by atoms with E-state index in [1.165, 1.54) is 6.92 Å². The van der Waals surface area contributed by atoms with Gasteiger partial charge in [0.05, 0.1) is 16.3 Å². The summed E-state index contributed by atoms with van der Waals surface area (Å²) in [5.74, 6) is 0.274. The molecular formula is C15H12ClF3N2O2. The van der Waals surface area contributed by atoms with Crippen molar-refractivity contribution in [3.63, 3.8) is 0 Å². The average molecular weight is 345 g/mol. The van der Waals surface area contributed by atoms with Gasteiger partial charge in [-0.2, -0.15) is 13.2 Å². The summed E-state index contributed by atoms with van der Waals surface area (Å²) in [4.78, 5) is 14.6. The summed E-state index contributed by atoms with van der Waals surface area (Å²) in [6.07, 6.45) is -3.78. The van der Waals surface area contributed by atoms with E-state index in [9.17, 15) is 18.0 Å². The second kappa shape index (κ2) is 6.87. The first kappa shape index (κ1) is 17.1. The number of benzene rings is 1. The lowest BCUT2D eigenvalue weighted by Gasteiger charge is -2.10. The Morgan fingerprint density at radius 1 is 1.30 bits per heavy atom. The highest BCUT2D eigenvalue weighted by atomic mass is 35.5. The van der Waals surface area contributed by atoms with E-state index in [4.69, 9.17) is 16.3 Å². The van der Waals surface area contributed by atoms with Gasteiger partial charge in [-0.15, -0.1) is 0 Å². The number of hydrogen-bond donors (Lipinski definition) is 1. The van der Waals surface area contributed by atoms with Gasteiger partial charge in [-0.05, 0) is 30.3 Å². The number of aromatic nitrogens is 1. The zero-order chi connectivity index (χ0) is 17.0. The van der Waals surface area contributed by atoms with E-state index in [1.807, 2.05) is 0 Å². The molecule has 0 radical (unpaired) electrons. The number of nitrogens with zero attached hydrogens (tertiary/aromatic N) is 1. The molecule has 1 N–H and O–H groups in total. The number of rotatable bonds is 4. The van der Waals surface area contributed by atoms with Gasteiger partial charge in [-0.25, -0.2) is 0 Å². The highest BCUT2D eigenvalue weighted by Crippen LogP contribution is 2.31. The molecule has 0 saturated carbocycles. The van der Waals surface area contributed by atoms with Crippen LogP contribution in [0.3, 0.4) is 0 Å². The highest BCUT2D eigenvalue weighted by molar-refractivity contribution is 6.31. The molecule has 0 spiro atoms. The summed E-state index contributed by atoms with van der Waals surface area (Å²) >= 11 is 5.79. The number of alkyl halides is 3. The first-order valence-electron chi connectivity index (χ1n) is 6.48. The van der Waals surface area contributed by atoms with Crippen LogP contribution in [0.25, 0.3) is 0 Å². The van der Waals surface area contributed by atoms with Gasteiger partial charge in [0, 0.05) is 18.8 Å². The Morgan fingerprint density at radius 3 is 2.48 bits per heavy atom. The van der Waals surface area contributed by atoms with Crippen LogP contribution in [0.1, 0.15) is 18.2 Å². The smallest absolute Gasteiger partial charge is 0.417 e. The van der Waals surface area contributed by atoms with Crippen LogP contribution in [0.4, 0.5) is 18.9 Å². The first-order chi connectivity index (χ1) is 10.8. The summed E-state index contributed by atoms with van der Waals surface area (Å²) in [6.45, 7) is 1.32. The number of nitrogens with one attached hydrogen (secondary N) is 1. The van der Waals surface area contributed by atoms with Crippen molar-refractivity contribution in [3.05, 3.63) is 52.8 Å². The fourth-order valence-corrected chi connectivity index (χ4v) is 1.94. The van der Waals surface area contributed by atoms with Gasteiger partial charge in [0.15, 0.2) is 0 Å². The van der Waals surface area contributed by atoms with Crippen molar-refractivity contribution < 1.29 is 22.7 Å². The molecule has 0 bridgehead atoms. The number of amides is 1. The Bertz CT molecular complexity index is 703. The zero-order valence-corrected chi connectivity index (χ0v) is 12.7. The maximum atomic E-state index is 12.5. The van der Waals surface area contributed by atoms with Crippen LogP contribution in [0.2, 0.25) is 5.02 Å². The van der Waals surface area contributed by atoms with Gasteiger partial charge >= 0.3 is 6.18 Å². The van der Waals surface area contributed by atoms with Crippen LogP contribution in [-0.2, 0) is 17.6 Å². The molecule has 8 heteroatoms. The average Bonchev–Trinajstić information content (AvgIpc) is 2.46. The van der Waals surface area contributed by atoms with Gasteiger partial charge in [-0.1, -0.05) is 11.6 Å². The van der Waals surface area contributed by atoms with E-state index < -0.39 is 11.7 Å².